The van der Waals surface area contributed by atoms with Crippen LogP contribution in [0.3, 0.4) is 0 Å². The predicted octanol–water partition coefficient (Wildman–Crippen LogP) is 2.92. The fourth-order valence-corrected chi connectivity index (χ4v) is 1.96. The summed E-state index contributed by atoms with van der Waals surface area (Å²) >= 11 is 0. The summed E-state index contributed by atoms with van der Waals surface area (Å²) in [5, 5.41) is 0. The van der Waals surface area contributed by atoms with E-state index < -0.39 is 17.7 Å². The molecule has 1 aliphatic rings. The van der Waals surface area contributed by atoms with Crippen LogP contribution in [0.4, 0.5) is 4.39 Å². The van der Waals surface area contributed by atoms with Crippen molar-refractivity contribution in [2.45, 2.75) is 25.1 Å². The lowest BCUT2D eigenvalue weighted by Crippen LogP contribution is -2.25. The summed E-state index contributed by atoms with van der Waals surface area (Å²) in [6.45, 7) is 5.31. The molecular formula is C15H17FO3. The molecule has 1 saturated heterocycles. The molecule has 19 heavy (non-hydrogen) atoms. The minimum atomic E-state index is -1.50. The summed E-state index contributed by atoms with van der Waals surface area (Å²) in [5.74, 6) is -0.420. The summed E-state index contributed by atoms with van der Waals surface area (Å²) in [7, 11) is 0. The fraction of sp³-hybridized carbons (Fsp3) is 0.400. The molecule has 102 valence electrons. The molecule has 0 aromatic heterocycles. The van der Waals surface area contributed by atoms with Crippen LogP contribution in [0.1, 0.15) is 23.7 Å². The average molecular weight is 264 g/mol. The summed E-state index contributed by atoms with van der Waals surface area (Å²) in [6, 6.07) is 8.68. The van der Waals surface area contributed by atoms with Crippen LogP contribution in [0.2, 0.25) is 0 Å². The molecule has 1 fully saturated rings. The van der Waals surface area contributed by atoms with Gasteiger partial charge in [0.2, 0.25) is 0 Å². The Morgan fingerprint density at radius 3 is 2.79 bits per heavy atom. The minimum absolute atomic E-state index is 0.0180. The Morgan fingerprint density at radius 2 is 2.21 bits per heavy atom. The number of esters is 1. The molecule has 1 aromatic rings. The Hall–Kier alpha value is -1.68. The third-order valence-electron chi connectivity index (χ3n) is 3.27. The van der Waals surface area contributed by atoms with Crippen molar-refractivity contribution in [2.24, 2.45) is 0 Å². The molecule has 0 bridgehead atoms. The van der Waals surface area contributed by atoms with Crippen LogP contribution in [0, 0.1) is 0 Å². The third-order valence-corrected chi connectivity index (χ3v) is 3.27. The van der Waals surface area contributed by atoms with E-state index in [4.69, 9.17) is 9.47 Å². The fourth-order valence-electron chi connectivity index (χ4n) is 1.96. The summed E-state index contributed by atoms with van der Waals surface area (Å²) in [5.41, 5.74) is -0.569. The van der Waals surface area contributed by atoms with Crippen molar-refractivity contribution >= 4 is 5.97 Å². The van der Waals surface area contributed by atoms with Gasteiger partial charge in [-0.3, -0.25) is 0 Å². The molecule has 2 rings (SSSR count). The van der Waals surface area contributed by atoms with Gasteiger partial charge in [0.05, 0.1) is 18.3 Å². The van der Waals surface area contributed by atoms with E-state index >= 15 is 0 Å². The van der Waals surface area contributed by atoms with E-state index in [0.717, 1.165) is 0 Å². The number of carbonyl (C=O) groups is 1. The molecule has 3 nitrogen and oxygen atoms in total. The van der Waals surface area contributed by atoms with Crippen LogP contribution < -0.4 is 0 Å². The van der Waals surface area contributed by atoms with Crippen molar-refractivity contribution in [3.8, 4) is 0 Å². The summed E-state index contributed by atoms with van der Waals surface area (Å²) < 4.78 is 24.6. The first-order valence-electron chi connectivity index (χ1n) is 6.20. The summed E-state index contributed by atoms with van der Waals surface area (Å²) in [4.78, 5) is 11.7. The van der Waals surface area contributed by atoms with Gasteiger partial charge in [0.1, 0.15) is 6.61 Å². The first-order chi connectivity index (χ1) is 9.01. The molecule has 0 amide bonds. The van der Waals surface area contributed by atoms with Crippen molar-refractivity contribution in [1.29, 1.82) is 0 Å². The summed E-state index contributed by atoms with van der Waals surface area (Å²) in [6.07, 6.45) is -0.223. The molecule has 1 unspecified atom stereocenters. The van der Waals surface area contributed by atoms with Crippen LogP contribution in [-0.4, -0.2) is 31.0 Å². The first-order valence-corrected chi connectivity index (χ1v) is 6.20. The normalized spacial score (nSPS) is 26.1. The van der Waals surface area contributed by atoms with Gasteiger partial charge in [0, 0.05) is 6.42 Å². The Morgan fingerprint density at radius 1 is 1.53 bits per heavy atom. The lowest BCUT2D eigenvalue weighted by molar-refractivity contribution is 0.0146. The van der Waals surface area contributed by atoms with E-state index in [2.05, 4.69) is 6.58 Å². The van der Waals surface area contributed by atoms with Gasteiger partial charge in [0.15, 0.2) is 5.67 Å². The van der Waals surface area contributed by atoms with Crippen molar-refractivity contribution in [2.75, 3.05) is 13.2 Å². The Kier molecular flexibility index (Phi) is 4.00. The topological polar surface area (TPSA) is 35.5 Å². The van der Waals surface area contributed by atoms with Gasteiger partial charge >= 0.3 is 5.97 Å². The van der Waals surface area contributed by atoms with E-state index in [9.17, 15) is 9.18 Å². The standard InChI is InChI=1S/C15H17FO3/c1-11(2)15(16)8-13(19-10-15)9-18-14(17)12-6-4-3-5-7-12/h3-7,13H,1,8-10H2,2H3/t13-,15?/m0/s1. The highest BCUT2D eigenvalue weighted by Crippen LogP contribution is 2.33. The van der Waals surface area contributed by atoms with Gasteiger partial charge in [-0.2, -0.15) is 0 Å². The van der Waals surface area contributed by atoms with Gasteiger partial charge in [-0.05, 0) is 24.6 Å². The van der Waals surface area contributed by atoms with Crippen molar-refractivity contribution < 1.29 is 18.7 Å². The van der Waals surface area contributed by atoms with Crippen LogP contribution in [0.25, 0.3) is 0 Å². The Balaban J connectivity index is 1.85. The first kappa shape index (κ1) is 13.7. The monoisotopic (exact) mass is 264 g/mol. The van der Waals surface area contributed by atoms with Gasteiger partial charge in [-0.25, -0.2) is 9.18 Å². The smallest absolute Gasteiger partial charge is 0.338 e. The molecule has 0 aliphatic carbocycles. The van der Waals surface area contributed by atoms with Gasteiger partial charge in [0.25, 0.3) is 0 Å². The lowest BCUT2D eigenvalue weighted by atomic mass is 9.95. The molecule has 1 aromatic carbocycles. The number of hydrogen-bond acceptors (Lipinski definition) is 3. The maximum atomic E-state index is 14.2. The average Bonchev–Trinajstić information content (AvgIpc) is 2.80. The number of rotatable bonds is 4. The Labute approximate surface area is 112 Å². The second-order valence-electron chi connectivity index (χ2n) is 4.85. The number of halogens is 1. The Bertz CT molecular complexity index is 472. The van der Waals surface area contributed by atoms with Crippen molar-refractivity contribution in [3.05, 3.63) is 48.0 Å². The number of benzene rings is 1. The molecule has 4 heteroatoms. The maximum Gasteiger partial charge on any atom is 0.338 e. The van der Waals surface area contributed by atoms with Crippen LogP contribution in [-0.2, 0) is 9.47 Å². The van der Waals surface area contributed by atoms with Gasteiger partial charge in [-0.1, -0.05) is 24.8 Å². The molecule has 0 spiro atoms. The van der Waals surface area contributed by atoms with E-state index in [1.165, 1.54) is 0 Å². The van der Waals surface area contributed by atoms with E-state index in [1.807, 2.05) is 6.07 Å². The zero-order valence-electron chi connectivity index (χ0n) is 10.9. The third kappa shape index (κ3) is 3.20. The van der Waals surface area contributed by atoms with E-state index in [0.29, 0.717) is 11.1 Å². The van der Waals surface area contributed by atoms with Crippen molar-refractivity contribution in [3.63, 3.8) is 0 Å². The van der Waals surface area contributed by atoms with Gasteiger partial charge < -0.3 is 9.47 Å². The highest BCUT2D eigenvalue weighted by Gasteiger charge is 2.41. The maximum absolute atomic E-state index is 14.2. The molecule has 1 aliphatic heterocycles. The highest BCUT2D eigenvalue weighted by molar-refractivity contribution is 5.89. The van der Waals surface area contributed by atoms with E-state index in [-0.39, 0.29) is 19.6 Å². The predicted molar refractivity (Wildman–Crippen MR) is 69.7 cm³/mol. The van der Waals surface area contributed by atoms with Gasteiger partial charge in [-0.15, -0.1) is 0 Å². The molecular weight excluding hydrogens is 247 g/mol. The molecule has 1 heterocycles. The lowest BCUT2D eigenvalue weighted by Gasteiger charge is -2.17. The number of ether oxygens (including phenoxy) is 2. The molecule has 2 atom stereocenters. The second kappa shape index (κ2) is 5.53. The molecule has 0 N–H and O–H groups in total. The van der Waals surface area contributed by atoms with Crippen LogP contribution >= 0.6 is 0 Å². The minimum Gasteiger partial charge on any atom is -0.459 e. The van der Waals surface area contributed by atoms with Crippen molar-refractivity contribution in [1.82, 2.24) is 0 Å². The SMILES string of the molecule is C=C(C)C1(F)CO[C@H](COC(=O)c2ccccc2)C1. The zero-order valence-corrected chi connectivity index (χ0v) is 10.9. The quantitative estimate of drug-likeness (QED) is 0.619. The van der Waals surface area contributed by atoms with Crippen LogP contribution in [0.5, 0.6) is 0 Å². The zero-order chi connectivity index (χ0) is 13.9. The number of hydrogen-bond donors (Lipinski definition) is 0. The number of alkyl halides is 1. The van der Waals surface area contributed by atoms with Crippen LogP contribution in [0.15, 0.2) is 42.5 Å². The second-order valence-corrected chi connectivity index (χ2v) is 4.85. The number of carbonyl (C=O) groups excluding carboxylic acids is 1. The largest absolute Gasteiger partial charge is 0.459 e. The molecule has 0 radical (unpaired) electrons. The highest BCUT2D eigenvalue weighted by atomic mass is 19.1. The molecule has 0 saturated carbocycles. The van der Waals surface area contributed by atoms with E-state index in [1.54, 1.807) is 31.2 Å².